The smallest absolute Gasteiger partial charge is 0.272 e. The van der Waals surface area contributed by atoms with Gasteiger partial charge in [-0.2, -0.15) is 5.10 Å². The molecule has 7 heteroatoms. The van der Waals surface area contributed by atoms with Crippen LogP contribution in [0.3, 0.4) is 0 Å². The van der Waals surface area contributed by atoms with E-state index < -0.39 is 0 Å². The van der Waals surface area contributed by atoms with Gasteiger partial charge in [-0.3, -0.25) is 19.7 Å². The van der Waals surface area contributed by atoms with Gasteiger partial charge in [0, 0.05) is 44.1 Å². The number of aromatic amines is 1. The molecule has 29 heavy (non-hydrogen) atoms. The van der Waals surface area contributed by atoms with E-state index in [0.29, 0.717) is 37.4 Å². The number of aromatic nitrogens is 3. The highest BCUT2D eigenvalue weighted by molar-refractivity contribution is 5.95. The van der Waals surface area contributed by atoms with Crippen LogP contribution < -0.4 is 0 Å². The van der Waals surface area contributed by atoms with Gasteiger partial charge in [-0.25, -0.2) is 0 Å². The van der Waals surface area contributed by atoms with Crippen molar-refractivity contribution >= 4 is 11.8 Å². The Balaban J connectivity index is 1.40. The Morgan fingerprint density at radius 1 is 0.931 bits per heavy atom. The molecule has 0 spiro atoms. The molecular weight excluding hydrogens is 366 g/mol. The first kappa shape index (κ1) is 18.9. The van der Waals surface area contributed by atoms with Crippen molar-refractivity contribution in [1.82, 2.24) is 25.0 Å². The molecule has 1 aromatic carbocycles. The van der Waals surface area contributed by atoms with Crippen molar-refractivity contribution in [1.29, 1.82) is 0 Å². The molecule has 7 nitrogen and oxygen atoms in total. The number of nitrogens with one attached hydrogen (secondary N) is 1. The molecule has 0 saturated carbocycles. The molecule has 1 aliphatic heterocycles. The minimum atomic E-state index is -0.0962. The number of benzene rings is 1. The van der Waals surface area contributed by atoms with Gasteiger partial charge in [0.05, 0.1) is 11.3 Å². The highest BCUT2D eigenvalue weighted by atomic mass is 16.2. The van der Waals surface area contributed by atoms with Crippen molar-refractivity contribution in [2.45, 2.75) is 13.8 Å². The van der Waals surface area contributed by atoms with Gasteiger partial charge < -0.3 is 9.80 Å². The Labute approximate surface area is 169 Å². The van der Waals surface area contributed by atoms with Crippen LogP contribution in [0.5, 0.6) is 0 Å². The number of hydrogen-bond donors (Lipinski definition) is 1. The summed E-state index contributed by atoms with van der Waals surface area (Å²) in [6.45, 7) is 6.10. The number of carbonyl (C=O) groups excluding carboxylic acids is 2. The zero-order valence-electron chi connectivity index (χ0n) is 16.6. The highest BCUT2D eigenvalue weighted by Crippen LogP contribution is 2.21. The molecule has 0 unspecified atom stereocenters. The summed E-state index contributed by atoms with van der Waals surface area (Å²) in [5.74, 6) is -0.148. The lowest BCUT2D eigenvalue weighted by Gasteiger charge is -2.34. The predicted octanol–water partition coefficient (Wildman–Crippen LogP) is 2.69. The first-order chi connectivity index (χ1) is 14.0. The van der Waals surface area contributed by atoms with Crippen LogP contribution in [-0.4, -0.2) is 63.0 Å². The molecule has 1 saturated heterocycles. The lowest BCUT2D eigenvalue weighted by Crippen LogP contribution is -2.50. The number of nitrogens with zero attached hydrogens (tertiary/aromatic N) is 4. The van der Waals surface area contributed by atoms with Crippen molar-refractivity contribution in [3.05, 3.63) is 71.2 Å². The van der Waals surface area contributed by atoms with E-state index in [0.717, 1.165) is 11.3 Å². The summed E-state index contributed by atoms with van der Waals surface area (Å²) in [5.41, 5.74) is 5.17. The minimum absolute atomic E-state index is 0.0521. The Kier molecular flexibility index (Phi) is 5.12. The summed E-state index contributed by atoms with van der Waals surface area (Å²) in [6.07, 6.45) is 3.21. The fourth-order valence-electron chi connectivity index (χ4n) is 3.43. The number of H-pyrrole nitrogens is 1. The van der Waals surface area contributed by atoms with Gasteiger partial charge in [-0.15, -0.1) is 0 Å². The summed E-state index contributed by atoms with van der Waals surface area (Å²) in [5, 5.41) is 7.18. The molecule has 3 heterocycles. The van der Waals surface area contributed by atoms with Gasteiger partial charge in [0.2, 0.25) is 0 Å². The molecular formula is C22H23N5O2. The lowest BCUT2D eigenvalue weighted by molar-refractivity contribution is 0.0532. The second-order valence-corrected chi connectivity index (χ2v) is 7.29. The second-order valence-electron chi connectivity index (χ2n) is 7.29. The average molecular weight is 389 g/mol. The number of amides is 2. The third-order valence-corrected chi connectivity index (χ3v) is 5.37. The van der Waals surface area contributed by atoms with Crippen LogP contribution in [0.15, 0.2) is 48.8 Å². The molecule has 4 rings (SSSR count). The van der Waals surface area contributed by atoms with E-state index in [1.54, 1.807) is 40.4 Å². The van der Waals surface area contributed by atoms with Crippen LogP contribution in [0, 0.1) is 13.8 Å². The fraction of sp³-hybridized carbons (Fsp3) is 0.273. The van der Waals surface area contributed by atoms with Crippen molar-refractivity contribution in [2.24, 2.45) is 0 Å². The fourth-order valence-corrected chi connectivity index (χ4v) is 3.43. The van der Waals surface area contributed by atoms with E-state index in [-0.39, 0.29) is 11.8 Å². The van der Waals surface area contributed by atoms with E-state index in [1.165, 1.54) is 11.1 Å². The molecule has 0 aliphatic carbocycles. The van der Waals surface area contributed by atoms with E-state index in [9.17, 15) is 9.59 Å². The van der Waals surface area contributed by atoms with Gasteiger partial charge in [-0.05, 0) is 49.2 Å². The zero-order chi connectivity index (χ0) is 20.4. The molecule has 0 atom stereocenters. The normalized spacial score (nSPS) is 14.1. The quantitative estimate of drug-likeness (QED) is 0.747. The van der Waals surface area contributed by atoms with Gasteiger partial charge in [0.15, 0.2) is 0 Å². The van der Waals surface area contributed by atoms with Crippen LogP contribution in [0.2, 0.25) is 0 Å². The second kappa shape index (κ2) is 7.87. The number of rotatable bonds is 3. The summed E-state index contributed by atoms with van der Waals surface area (Å²) < 4.78 is 0. The number of piperazine rings is 1. The van der Waals surface area contributed by atoms with E-state index in [1.807, 2.05) is 6.07 Å². The predicted molar refractivity (Wildman–Crippen MR) is 110 cm³/mol. The third kappa shape index (κ3) is 3.89. The monoisotopic (exact) mass is 389 g/mol. The SMILES string of the molecule is Cc1ccc(-c2cc(C(=O)N3CCN(C(=O)c4cccnc4)CC3)[nH]n2)cc1C. The van der Waals surface area contributed by atoms with Gasteiger partial charge in [-0.1, -0.05) is 12.1 Å². The summed E-state index contributed by atoms with van der Waals surface area (Å²) in [7, 11) is 0. The molecule has 0 bridgehead atoms. The number of hydrogen-bond acceptors (Lipinski definition) is 4. The molecule has 3 aromatic rings. The Hall–Kier alpha value is -3.48. The van der Waals surface area contributed by atoms with E-state index in [4.69, 9.17) is 0 Å². The molecule has 2 aromatic heterocycles. The summed E-state index contributed by atoms with van der Waals surface area (Å²) in [4.78, 5) is 32.9. The Morgan fingerprint density at radius 2 is 1.66 bits per heavy atom. The summed E-state index contributed by atoms with van der Waals surface area (Å²) in [6, 6.07) is 11.4. The van der Waals surface area contributed by atoms with E-state index in [2.05, 4.69) is 41.2 Å². The molecule has 0 radical (unpaired) electrons. The maximum atomic E-state index is 12.9. The Bertz CT molecular complexity index is 1040. The summed E-state index contributed by atoms with van der Waals surface area (Å²) >= 11 is 0. The van der Waals surface area contributed by atoms with Crippen LogP contribution in [0.4, 0.5) is 0 Å². The van der Waals surface area contributed by atoms with E-state index >= 15 is 0 Å². The Morgan fingerprint density at radius 3 is 2.31 bits per heavy atom. The molecule has 1 aliphatic rings. The molecule has 148 valence electrons. The van der Waals surface area contributed by atoms with Crippen molar-refractivity contribution in [3.63, 3.8) is 0 Å². The van der Waals surface area contributed by atoms with Crippen LogP contribution in [0.1, 0.15) is 32.0 Å². The zero-order valence-corrected chi connectivity index (χ0v) is 16.6. The topological polar surface area (TPSA) is 82.2 Å². The van der Waals surface area contributed by atoms with Gasteiger partial charge in [0.25, 0.3) is 11.8 Å². The van der Waals surface area contributed by atoms with Crippen LogP contribution in [0.25, 0.3) is 11.3 Å². The highest BCUT2D eigenvalue weighted by Gasteiger charge is 2.26. The number of carbonyl (C=O) groups is 2. The van der Waals surface area contributed by atoms with Crippen molar-refractivity contribution in [3.8, 4) is 11.3 Å². The largest absolute Gasteiger partial charge is 0.335 e. The van der Waals surface area contributed by atoms with Crippen molar-refractivity contribution in [2.75, 3.05) is 26.2 Å². The molecule has 2 amide bonds. The maximum absolute atomic E-state index is 12.9. The van der Waals surface area contributed by atoms with Crippen molar-refractivity contribution < 1.29 is 9.59 Å². The van der Waals surface area contributed by atoms with Crippen LogP contribution >= 0.6 is 0 Å². The van der Waals surface area contributed by atoms with Gasteiger partial charge in [0.1, 0.15) is 5.69 Å². The number of aryl methyl sites for hydroxylation is 2. The molecule has 1 fully saturated rings. The van der Waals surface area contributed by atoms with Crippen LogP contribution in [-0.2, 0) is 0 Å². The minimum Gasteiger partial charge on any atom is -0.335 e. The standard InChI is InChI=1S/C22H23N5O2/c1-15-5-6-17(12-16(15)2)19-13-20(25-24-19)22(29)27-10-8-26(9-11-27)21(28)18-4-3-7-23-14-18/h3-7,12-14H,8-11H2,1-2H3,(H,24,25). The molecule has 1 N–H and O–H groups in total. The third-order valence-electron chi connectivity index (χ3n) is 5.37. The number of pyridine rings is 1. The maximum Gasteiger partial charge on any atom is 0.272 e. The first-order valence-electron chi connectivity index (χ1n) is 9.64. The van der Waals surface area contributed by atoms with Gasteiger partial charge >= 0.3 is 0 Å². The lowest BCUT2D eigenvalue weighted by atomic mass is 10.0. The first-order valence-corrected chi connectivity index (χ1v) is 9.64. The average Bonchev–Trinajstić information content (AvgIpc) is 3.25.